The Bertz CT molecular complexity index is 678. The predicted molar refractivity (Wildman–Crippen MR) is 107 cm³/mol. The minimum absolute atomic E-state index is 0. The fourth-order valence-corrected chi connectivity index (χ4v) is 3.15. The van der Waals surface area contributed by atoms with Gasteiger partial charge in [-0.3, -0.25) is 4.79 Å². The summed E-state index contributed by atoms with van der Waals surface area (Å²) in [6, 6.07) is 5.32. The van der Waals surface area contributed by atoms with E-state index in [1.54, 1.807) is 30.8 Å². The lowest BCUT2D eigenvalue weighted by Gasteiger charge is -2.20. The maximum absolute atomic E-state index is 12.7. The Kier molecular flexibility index (Phi) is 9.72. The molecule has 1 aliphatic heterocycles. The van der Waals surface area contributed by atoms with Crippen molar-refractivity contribution < 1.29 is 14.3 Å². The summed E-state index contributed by atoms with van der Waals surface area (Å²) in [5.74, 6) is 1.20. The van der Waals surface area contributed by atoms with Crippen molar-refractivity contribution in [2.75, 3.05) is 33.3 Å². The summed E-state index contributed by atoms with van der Waals surface area (Å²) >= 11 is 1.53. The molecule has 0 saturated carbocycles. The molecule has 2 heterocycles. The van der Waals surface area contributed by atoms with Gasteiger partial charge in [-0.05, 0) is 31.2 Å². The highest BCUT2D eigenvalue weighted by molar-refractivity contribution is 7.07. The molecule has 1 fully saturated rings. The monoisotopic (exact) mass is 419 g/mol. The van der Waals surface area contributed by atoms with E-state index in [0.29, 0.717) is 23.7 Å². The Morgan fingerprint density at radius 3 is 2.85 bits per heavy atom. The maximum Gasteiger partial charge on any atom is 0.254 e. The summed E-state index contributed by atoms with van der Waals surface area (Å²) in [5, 5.41) is 5.24. The van der Waals surface area contributed by atoms with Gasteiger partial charge in [0, 0.05) is 30.6 Å². The summed E-state index contributed by atoms with van der Waals surface area (Å²) in [6.07, 6.45) is 0.970. The van der Waals surface area contributed by atoms with E-state index in [1.165, 1.54) is 11.3 Å². The van der Waals surface area contributed by atoms with Gasteiger partial charge in [-0.25, -0.2) is 4.98 Å². The summed E-state index contributed by atoms with van der Waals surface area (Å²) in [5.41, 5.74) is 3.27. The van der Waals surface area contributed by atoms with Gasteiger partial charge in [0.15, 0.2) is 11.5 Å². The van der Waals surface area contributed by atoms with Crippen molar-refractivity contribution in [2.45, 2.75) is 13.0 Å². The van der Waals surface area contributed by atoms with Crippen LogP contribution in [0.4, 0.5) is 0 Å². The van der Waals surface area contributed by atoms with E-state index < -0.39 is 0 Å². The zero-order valence-corrected chi connectivity index (χ0v) is 16.9. The first-order chi connectivity index (χ1) is 11.8. The van der Waals surface area contributed by atoms with Crippen LogP contribution in [-0.2, 0) is 6.61 Å². The quantitative estimate of drug-likeness (QED) is 0.806. The molecule has 1 aromatic heterocycles. The average molecular weight is 420 g/mol. The number of aromatic nitrogens is 1. The predicted octanol–water partition coefficient (Wildman–Crippen LogP) is 3.01. The van der Waals surface area contributed by atoms with Crippen LogP contribution >= 0.6 is 36.2 Å². The largest absolute Gasteiger partial charge is 0.493 e. The standard InChI is InChI=1S/C17H21N3O3S.2ClH/c1-22-16-9-13(17(21)20-7-2-5-18-6-8-20)3-4-15(16)23-10-14-11-24-12-19-14;;/h3-4,9,11-12,18H,2,5-8,10H2,1H3;2*1H. The molecule has 2 aromatic rings. The Morgan fingerprint density at radius 1 is 1.27 bits per heavy atom. The van der Waals surface area contributed by atoms with Crippen molar-refractivity contribution in [2.24, 2.45) is 0 Å². The summed E-state index contributed by atoms with van der Waals surface area (Å²) in [4.78, 5) is 18.7. The molecule has 1 saturated heterocycles. The SMILES string of the molecule is COc1cc(C(=O)N2CCCNCC2)ccc1OCc1cscn1.Cl.Cl. The Morgan fingerprint density at radius 2 is 2.12 bits per heavy atom. The van der Waals surface area contributed by atoms with E-state index in [0.717, 1.165) is 38.3 Å². The average Bonchev–Trinajstić information content (AvgIpc) is 2.99. The molecule has 0 spiro atoms. The van der Waals surface area contributed by atoms with Gasteiger partial charge in [0.05, 0.1) is 18.3 Å². The number of methoxy groups -OCH3 is 1. The molecule has 26 heavy (non-hydrogen) atoms. The Hall–Kier alpha value is -1.54. The second kappa shape index (κ2) is 11.2. The fourth-order valence-electron chi connectivity index (χ4n) is 2.61. The van der Waals surface area contributed by atoms with Crippen LogP contribution in [0.2, 0.25) is 0 Å². The maximum atomic E-state index is 12.7. The molecule has 144 valence electrons. The molecule has 0 unspecified atom stereocenters. The smallest absolute Gasteiger partial charge is 0.254 e. The number of carbonyl (C=O) groups excluding carboxylic acids is 1. The van der Waals surface area contributed by atoms with Crippen LogP contribution in [0.1, 0.15) is 22.5 Å². The highest BCUT2D eigenvalue weighted by Gasteiger charge is 2.19. The van der Waals surface area contributed by atoms with E-state index >= 15 is 0 Å². The first-order valence-corrected chi connectivity index (χ1v) is 8.90. The van der Waals surface area contributed by atoms with Crippen molar-refractivity contribution in [3.8, 4) is 11.5 Å². The zero-order chi connectivity index (χ0) is 16.8. The number of nitrogens with one attached hydrogen (secondary N) is 1. The van der Waals surface area contributed by atoms with Gasteiger partial charge in [0.25, 0.3) is 5.91 Å². The molecular weight excluding hydrogens is 397 g/mol. The third kappa shape index (κ3) is 5.74. The Balaban J connectivity index is 0.00000169. The van der Waals surface area contributed by atoms with Gasteiger partial charge >= 0.3 is 0 Å². The minimum atomic E-state index is 0. The normalized spacial score (nSPS) is 13.8. The molecule has 6 nitrogen and oxygen atoms in total. The molecule has 9 heteroatoms. The van der Waals surface area contributed by atoms with Crippen LogP contribution in [-0.4, -0.2) is 49.1 Å². The van der Waals surface area contributed by atoms with Gasteiger partial charge in [0.2, 0.25) is 0 Å². The number of nitrogens with zero attached hydrogens (tertiary/aromatic N) is 2. The van der Waals surface area contributed by atoms with Crippen LogP contribution in [0.25, 0.3) is 0 Å². The number of thiazole rings is 1. The molecule has 0 bridgehead atoms. The van der Waals surface area contributed by atoms with Crippen LogP contribution in [0.5, 0.6) is 11.5 Å². The molecule has 0 atom stereocenters. The lowest BCUT2D eigenvalue weighted by atomic mass is 10.1. The molecular formula is C17H23Cl2N3O3S. The molecule has 1 N–H and O–H groups in total. The van der Waals surface area contributed by atoms with Crippen molar-refractivity contribution >= 4 is 42.1 Å². The van der Waals surface area contributed by atoms with Crippen LogP contribution in [0.3, 0.4) is 0 Å². The second-order valence-corrected chi connectivity index (χ2v) is 6.25. The molecule has 0 radical (unpaired) electrons. The van der Waals surface area contributed by atoms with E-state index in [-0.39, 0.29) is 30.7 Å². The molecule has 1 aliphatic rings. The topological polar surface area (TPSA) is 63.7 Å². The van der Waals surface area contributed by atoms with E-state index in [4.69, 9.17) is 9.47 Å². The highest BCUT2D eigenvalue weighted by atomic mass is 35.5. The lowest BCUT2D eigenvalue weighted by molar-refractivity contribution is 0.0766. The molecule has 0 aliphatic carbocycles. The summed E-state index contributed by atoms with van der Waals surface area (Å²) < 4.78 is 11.1. The Labute approximate surface area is 169 Å². The first-order valence-electron chi connectivity index (χ1n) is 7.96. The van der Waals surface area contributed by atoms with Crippen molar-refractivity contribution in [3.63, 3.8) is 0 Å². The van der Waals surface area contributed by atoms with Crippen LogP contribution < -0.4 is 14.8 Å². The lowest BCUT2D eigenvalue weighted by Crippen LogP contribution is -2.34. The van der Waals surface area contributed by atoms with Crippen LogP contribution in [0.15, 0.2) is 29.1 Å². The number of benzene rings is 1. The van der Waals surface area contributed by atoms with Gasteiger partial charge in [-0.15, -0.1) is 36.2 Å². The molecule has 1 aromatic carbocycles. The number of hydrogen-bond acceptors (Lipinski definition) is 6. The second-order valence-electron chi connectivity index (χ2n) is 5.53. The van der Waals surface area contributed by atoms with Gasteiger partial charge in [-0.2, -0.15) is 0 Å². The third-order valence-electron chi connectivity index (χ3n) is 3.90. The number of amides is 1. The summed E-state index contributed by atoms with van der Waals surface area (Å²) in [7, 11) is 1.58. The van der Waals surface area contributed by atoms with E-state index in [2.05, 4.69) is 10.3 Å². The zero-order valence-electron chi connectivity index (χ0n) is 14.5. The van der Waals surface area contributed by atoms with Gasteiger partial charge < -0.3 is 19.7 Å². The van der Waals surface area contributed by atoms with Gasteiger partial charge in [-0.1, -0.05) is 0 Å². The van der Waals surface area contributed by atoms with Crippen molar-refractivity contribution in [3.05, 3.63) is 40.3 Å². The number of rotatable bonds is 5. The first kappa shape index (κ1) is 22.5. The fraction of sp³-hybridized carbons (Fsp3) is 0.412. The number of hydrogen-bond donors (Lipinski definition) is 1. The number of ether oxygens (including phenoxy) is 2. The number of carbonyl (C=O) groups is 1. The molecule has 1 amide bonds. The van der Waals surface area contributed by atoms with Crippen molar-refractivity contribution in [1.29, 1.82) is 0 Å². The van der Waals surface area contributed by atoms with Gasteiger partial charge in [0.1, 0.15) is 6.61 Å². The van der Waals surface area contributed by atoms with Crippen LogP contribution in [0, 0.1) is 0 Å². The summed E-state index contributed by atoms with van der Waals surface area (Å²) in [6.45, 7) is 3.67. The highest BCUT2D eigenvalue weighted by Crippen LogP contribution is 2.29. The minimum Gasteiger partial charge on any atom is -0.493 e. The molecule has 3 rings (SSSR count). The third-order valence-corrected chi connectivity index (χ3v) is 4.53. The van der Waals surface area contributed by atoms with E-state index in [1.807, 2.05) is 10.3 Å². The van der Waals surface area contributed by atoms with E-state index in [9.17, 15) is 4.79 Å². The van der Waals surface area contributed by atoms with Crippen molar-refractivity contribution in [1.82, 2.24) is 15.2 Å². The number of halogens is 2.